The quantitative estimate of drug-likeness (QED) is 0.470. The number of ether oxygens (including phenoxy) is 1. The van der Waals surface area contributed by atoms with E-state index in [-0.39, 0.29) is 22.9 Å². The number of rotatable bonds is 8. The fourth-order valence-corrected chi connectivity index (χ4v) is 3.69. The van der Waals surface area contributed by atoms with Crippen molar-refractivity contribution in [2.75, 3.05) is 17.6 Å². The summed E-state index contributed by atoms with van der Waals surface area (Å²) in [6.45, 7) is 5.30. The van der Waals surface area contributed by atoms with E-state index in [1.165, 1.54) is 35.6 Å². The highest BCUT2D eigenvalue weighted by atomic mass is 32.2. The summed E-state index contributed by atoms with van der Waals surface area (Å²) in [7, 11) is -3.48. The molecule has 0 radical (unpaired) electrons. The molecule has 0 fully saturated rings. The molecule has 0 aliphatic rings. The summed E-state index contributed by atoms with van der Waals surface area (Å²) in [5.74, 6) is -1.20. The van der Waals surface area contributed by atoms with Gasteiger partial charge in [0, 0.05) is 16.0 Å². The molecule has 2 N–H and O–H groups in total. The number of carbonyl (C=O) groups excluding carboxylic acids is 3. The first-order valence-corrected chi connectivity index (χ1v) is 11.7. The van der Waals surface area contributed by atoms with Gasteiger partial charge < -0.3 is 10.1 Å². The van der Waals surface area contributed by atoms with E-state index in [1.54, 1.807) is 12.1 Å². The Labute approximate surface area is 179 Å². The van der Waals surface area contributed by atoms with Crippen molar-refractivity contribution in [1.82, 2.24) is 5.32 Å². The second-order valence-corrected chi connectivity index (χ2v) is 10.6. The Morgan fingerprint density at radius 1 is 1.10 bits per heavy atom. The third-order valence-corrected chi connectivity index (χ3v) is 5.51. The van der Waals surface area contributed by atoms with Crippen LogP contribution in [-0.2, 0) is 26.1 Å². The largest absolute Gasteiger partial charge is 0.454 e. The summed E-state index contributed by atoms with van der Waals surface area (Å²) in [5.41, 5.74) is -0.162. The molecule has 0 saturated carbocycles. The molecule has 162 valence electrons. The van der Waals surface area contributed by atoms with Gasteiger partial charge in [0.2, 0.25) is 21.7 Å². The minimum atomic E-state index is -3.48. The van der Waals surface area contributed by atoms with E-state index in [4.69, 9.17) is 4.74 Å². The molecule has 0 unspecified atom stereocenters. The normalized spacial score (nSPS) is 11.6. The number of hydrogen-bond donors (Lipinski definition) is 2. The van der Waals surface area contributed by atoms with Crippen LogP contribution in [0.25, 0.3) is 0 Å². The van der Waals surface area contributed by atoms with Crippen molar-refractivity contribution in [2.45, 2.75) is 27.3 Å². The van der Waals surface area contributed by atoms with Gasteiger partial charge in [-0.15, -0.1) is 11.3 Å². The number of thiophene rings is 1. The highest BCUT2D eigenvalue weighted by Gasteiger charge is 2.21. The molecular formula is C20H24N2O6S2. The zero-order chi connectivity index (χ0) is 22.5. The molecule has 30 heavy (non-hydrogen) atoms. The van der Waals surface area contributed by atoms with E-state index in [2.05, 4.69) is 10.0 Å². The minimum absolute atomic E-state index is 0.0923. The van der Waals surface area contributed by atoms with Gasteiger partial charge in [-0.3, -0.25) is 14.3 Å². The lowest BCUT2D eigenvalue weighted by Gasteiger charge is -2.17. The molecule has 1 amide bonds. The molecule has 8 nitrogen and oxygen atoms in total. The number of hydrogen-bond acceptors (Lipinski definition) is 7. The van der Waals surface area contributed by atoms with Gasteiger partial charge >= 0.3 is 5.97 Å². The number of sulfonamides is 1. The van der Waals surface area contributed by atoms with Crippen LogP contribution < -0.4 is 10.0 Å². The molecule has 0 saturated heterocycles. The highest BCUT2D eigenvalue weighted by molar-refractivity contribution is 7.92. The van der Waals surface area contributed by atoms with Crippen molar-refractivity contribution >= 4 is 44.7 Å². The van der Waals surface area contributed by atoms with E-state index < -0.39 is 28.0 Å². The van der Waals surface area contributed by atoms with Gasteiger partial charge in [0.15, 0.2) is 6.61 Å². The Balaban J connectivity index is 1.92. The second-order valence-electron chi connectivity index (χ2n) is 7.65. The van der Waals surface area contributed by atoms with E-state index >= 15 is 0 Å². The first kappa shape index (κ1) is 23.6. The second kappa shape index (κ2) is 9.40. The number of Topliss-reactive ketones (excluding diaryl/α,β-unsaturated/α-hetero) is 1. The topological polar surface area (TPSA) is 119 Å². The van der Waals surface area contributed by atoms with E-state index in [0.29, 0.717) is 11.4 Å². The van der Waals surface area contributed by atoms with Crippen molar-refractivity contribution in [3.63, 3.8) is 0 Å². The van der Waals surface area contributed by atoms with E-state index in [1.807, 2.05) is 20.8 Å². The van der Waals surface area contributed by atoms with Gasteiger partial charge in [-0.25, -0.2) is 13.2 Å². The van der Waals surface area contributed by atoms with Crippen LogP contribution in [0.15, 0.2) is 36.4 Å². The molecule has 1 heterocycles. The van der Waals surface area contributed by atoms with Crippen molar-refractivity contribution < 1.29 is 27.5 Å². The first-order valence-electron chi connectivity index (χ1n) is 9.00. The molecule has 0 atom stereocenters. The lowest BCUT2D eigenvalue weighted by atomic mass is 9.96. The van der Waals surface area contributed by atoms with Crippen molar-refractivity contribution in [3.8, 4) is 0 Å². The van der Waals surface area contributed by atoms with Gasteiger partial charge in [0.05, 0.1) is 23.2 Å². The number of benzene rings is 1. The van der Waals surface area contributed by atoms with E-state index in [0.717, 1.165) is 11.1 Å². The van der Waals surface area contributed by atoms with Crippen molar-refractivity contribution in [1.29, 1.82) is 0 Å². The van der Waals surface area contributed by atoms with Gasteiger partial charge in [-0.2, -0.15) is 0 Å². The maximum absolute atomic E-state index is 12.3. The summed E-state index contributed by atoms with van der Waals surface area (Å²) < 4.78 is 29.9. The minimum Gasteiger partial charge on any atom is -0.454 e. The standard InChI is InChI=1S/C20H24N2O6S2/c1-20(2,3)19(25)21-11-15-8-9-17(29-15)16(23)12-28-18(24)13-6-5-7-14(10-13)22-30(4,26)27/h5-10,22H,11-12H2,1-4H3,(H,21,25). The number of nitrogens with one attached hydrogen (secondary N) is 2. The average Bonchev–Trinajstić information content (AvgIpc) is 3.11. The Hall–Kier alpha value is -2.72. The van der Waals surface area contributed by atoms with Gasteiger partial charge in [-0.05, 0) is 30.3 Å². The molecule has 0 spiro atoms. The third kappa shape index (κ3) is 7.27. The van der Waals surface area contributed by atoms with Gasteiger partial charge in [0.25, 0.3) is 0 Å². The van der Waals surface area contributed by atoms with Gasteiger partial charge in [0.1, 0.15) is 0 Å². The number of amides is 1. The summed E-state index contributed by atoms with van der Waals surface area (Å²) in [6, 6.07) is 9.15. The van der Waals surface area contributed by atoms with Gasteiger partial charge in [-0.1, -0.05) is 26.8 Å². The molecule has 10 heteroatoms. The summed E-state index contributed by atoms with van der Waals surface area (Å²) in [4.78, 5) is 37.6. The van der Waals surface area contributed by atoms with Crippen LogP contribution in [0.2, 0.25) is 0 Å². The number of carbonyl (C=O) groups is 3. The lowest BCUT2D eigenvalue weighted by molar-refractivity contribution is -0.128. The van der Waals surface area contributed by atoms with Crippen LogP contribution in [0.1, 0.15) is 45.7 Å². The van der Waals surface area contributed by atoms with Crippen LogP contribution in [-0.4, -0.2) is 38.9 Å². The van der Waals surface area contributed by atoms with Crippen LogP contribution in [0.5, 0.6) is 0 Å². The van der Waals surface area contributed by atoms with E-state index in [9.17, 15) is 22.8 Å². The smallest absolute Gasteiger partial charge is 0.338 e. The fourth-order valence-electron chi connectivity index (χ4n) is 2.26. The van der Waals surface area contributed by atoms with Crippen LogP contribution >= 0.6 is 11.3 Å². The van der Waals surface area contributed by atoms with Crippen molar-refractivity contribution in [2.24, 2.45) is 5.41 Å². The SMILES string of the molecule is CC(C)(C)C(=O)NCc1ccc(C(=O)COC(=O)c2cccc(NS(C)(=O)=O)c2)s1. The lowest BCUT2D eigenvalue weighted by Crippen LogP contribution is -2.34. The molecule has 1 aromatic carbocycles. The maximum atomic E-state index is 12.3. The van der Waals surface area contributed by atoms with Crippen molar-refractivity contribution in [3.05, 3.63) is 51.7 Å². The van der Waals surface area contributed by atoms with Crippen LogP contribution in [0.3, 0.4) is 0 Å². The zero-order valence-corrected chi connectivity index (χ0v) is 18.8. The number of ketones is 1. The predicted octanol–water partition coefficient (Wildman–Crippen LogP) is 2.82. The maximum Gasteiger partial charge on any atom is 0.338 e. The number of anilines is 1. The Bertz CT molecular complexity index is 1050. The van der Waals surface area contributed by atoms with Crippen LogP contribution in [0.4, 0.5) is 5.69 Å². The molecule has 0 bridgehead atoms. The Morgan fingerprint density at radius 2 is 1.80 bits per heavy atom. The monoisotopic (exact) mass is 452 g/mol. The Morgan fingerprint density at radius 3 is 2.43 bits per heavy atom. The molecular weight excluding hydrogens is 428 g/mol. The Kier molecular flexibility index (Phi) is 7.38. The fraction of sp³-hybridized carbons (Fsp3) is 0.350. The summed E-state index contributed by atoms with van der Waals surface area (Å²) in [5, 5.41) is 2.81. The average molecular weight is 453 g/mol. The number of esters is 1. The molecule has 2 rings (SSSR count). The van der Waals surface area contributed by atoms with Crippen LogP contribution in [0, 0.1) is 5.41 Å². The highest BCUT2D eigenvalue weighted by Crippen LogP contribution is 2.19. The predicted molar refractivity (Wildman–Crippen MR) is 115 cm³/mol. The zero-order valence-electron chi connectivity index (χ0n) is 17.1. The molecule has 1 aromatic heterocycles. The molecule has 2 aromatic rings. The molecule has 0 aliphatic heterocycles. The molecule has 0 aliphatic carbocycles. The third-order valence-electron chi connectivity index (χ3n) is 3.78. The summed E-state index contributed by atoms with van der Waals surface area (Å²) in [6.07, 6.45) is 1.00. The summed E-state index contributed by atoms with van der Waals surface area (Å²) >= 11 is 1.22. The first-order chi connectivity index (χ1) is 13.8.